The Morgan fingerprint density at radius 3 is 2.45 bits per heavy atom. The molecule has 1 aromatic heterocycles. The Morgan fingerprint density at radius 2 is 1.83 bits per heavy atom. The van der Waals surface area contributed by atoms with E-state index in [0.29, 0.717) is 23.6 Å². The maximum Gasteiger partial charge on any atom is 0.433 e. The minimum absolute atomic E-state index is 0.0550. The topological polar surface area (TPSA) is 51.2 Å². The number of alkyl halides is 3. The standard InChI is InChI=1S/C21H22ClF3N2O2/c1-13(20(28)27-16-6-4-15(22)5-7-16)14-2-8-17(9-3-14)29-18-10-11-26-19(12-18)21(23,24)25/h4-7,10-14,17H,2-3,8-9H2,1H3,(H,27,28)/t13-,14?,17?/m1/s1. The number of aromatic nitrogens is 1. The number of nitrogens with zero attached hydrogens (tertiary/aromatic N) is 1. The third kappa shape index (κ3) is 5.85. The summed E-state index contributed by atoms with van der Waals surface area (Å²) in [6.07, 6.45) is -0.633. The van der Waals surface area contributed by atoms with E-state index in [1.807, 2.05) is 6.92 Å². The van der Waals surface area contributed by atoms with Gasteiger partial charge in [-0.2, -0.15) is 13.2 Å². The molecule has 3 rings (SSSR count). The van der Waals surface area contributed by atoms with Crippen LogP contribution < -0.4 is 10.1 Å². The Balaban J connectivity index is 1.51. The molecule has 1 aliphatic carbocycles. The van der Waals surface area contributed by atoms with Gasteiger partial charge in [0.05, 0.1) is 6.10 Å². The number of hydrogen-bond donors (Lipinski definition) is 1. The molecule has 0 unspecified atom stereocenters. The third-order valence-electron chi connectivity index (χ3n) is 5.28. The summed E-state index contributed by atoms with van der Waals surface area (Å²) in [7, 11) is 0. The maximum atomic E-state index is 12.8. The van der Waals surface area contributed by atoms with E-state index in [9.17, 15) is 18.0 Å². The molecule has 0 bridgehead atoms. The van der Waals surface area contributed by atoms with Gasteiger partial charge in [-0.3, -0.25) is 9.78 Å². The summed E-state index contributed by atoms with van der Waals surface area (Å²) in [6.45, 7) is 1.90. The Labute approximate surface area is 172 Å². The molecule has 2 aromatic rings. The average Bonchev–Trinajstić information content (AvgIpc) is 2.69. The van der Waals surface area contributed by atoms with Gasteiger partial charge in [0.2, 0.25) is 5.91 Å². The first-order valence-electron chi connectivity index (χ1n) is 9.48. The first-order chi connectivity index (χ1) is 13.7. The lowest BCUT2D eigenvalue weighted by atomic mass is 9.79. The van der Waals surface area contributed by atoms with E-state index in [0.717, 1.165) is 25.1 Å². The predicted molar refractivity (Wildman–Crippen MR) is 105 cm³/mol. The molecule has 1 fully saturated rings. The van der Waals surface area contributed by atoms with Gasteiger partial charge in [-0.05, 0) is 61.9 Å². The van der Waals surface area contributed by atoms with Crippen molar-refractivity contribution in [3.8, 4) is 5.75 Å². The summed E-state index contributed by atoms with van der Waals surface area (Å²) in [4.78, 5) is 15.9. The van der Waals surface area contributed by atoms with Gasteiger partial charge in [0.1, 0.15) is 11.4 Å². The lowest BCUT2D eigenvalue weighted by molar-refractivity contribution is -0.141. The van der Waals surface area contributed by atoms with Crippen molar-refractivity contribution >= 4 is 23.2 Å². The number of hydrogen-bond acceptors (Lipinski definition) is 3. The van der Waals surface area contributed by atoms with Crippen molar-refractivity contribution in [2.45, 2.75) is 44.9 Å². The smallest absolute Gasteiger partial charge is 0.433 e. The van der Waals surface area contributed by atoms with Gasteiger partial charge in [-0.15, -0.1) is 0 Å². The minimum Gasteiger partial charge on any atom is -0.490 e. The van der Waals surface area contributed by atoms with Crippen molar-refractivity contribution in [3.63, 3.8) is 0 Å². The monoisotopic (exact) mass is 426 g/mol. The van der Waals surface area contributed by atoms with Crippen molar-refractivity contribution in [2.75, 3.05) is 5.32 Å². The lowest BCUT2D eigenvalue weighted by Gasteiger charge is -2.32. The van der Waals surface area contributed by atoms with Crippen molar-refractivity contribution in [1.29, 1.82) is 0 Å². The van der Waals surface area contributed by atoms with Crippen LogP contribution in [-0.4, -0.2) is 17.0 Å². The SMILES string of the molecule is C[C@@H](C(=O)Nc1ccc(Cl)cc1)C1CCC(Oc2ccnc(C(F)(F)F)c2)CC1. The summed E-state index contributed by atoms with van der Waals surface area (Å²) in [5.74, 6) is 0.139. The molecule has 0 radical (unpaired) electrons. The molecule has 4 nitrogen and oxygen atoms in total. The summed E-state index contributed by atoms with van der Waals surface area (Å²) in [5, 5.41) is 3.50. The van der Waals surface area contributed by atoms with E-state index in [2.05, 4.69) is 10.3 Å². The number of anilines is 1. The number of rotatable bonds is 5. The van der Waals surface area contributed by atoms with Gasteiger partial charge in [-0.1, -0.05) is 18.5 Å². The molecule has 0 spiro atoms. The van der Waals surface area contributed by atoms with Gasteiger partial charge >= 0.3 is 6.18 Å². The van der Waals surface area contributed by atoms with Gasteiger partial charge < -0.3 is 10.1 Å². The number of ether oxygens (including phenoxy) is 1. The van der Waals surface area contributed by atoms with E-state index in [1.54, 1.807) is 24.3 Å². The van der Waals surface area contributed by atoms with Gasteiger partial charge in [-0.25, -0.2) is 0 Å². The zero-order valence-corrected chi connectivity index (χ0v) is 16.6. The quantitative estimate of drug-likeness (QED) is 0.641. The van der Waals surface area contributed by atoms with E-state index >= 15 is 0 Å². The van der Waals surface area contributed by atoms with Gasteiger partial charge in [0.25, 0.3) is 0 Å². The normalized spacial score (nSPS) is 20.7. The molecule has 1 atom stereocenters. The highest BCUT2D eigenvalue weighted by Crippen LogP contribution is 2.34. The van der Waals surface area contributed by atoms with E-state index in [4.69, 9.17) is 16.3 Å². The summed E-state index contributed by atoms with van der Waals surface area (Å²) >= 11 is 5.85. The molecule has 8 heteroatoms. The van der Waals surface area contributed by atoms with Crippen molar-refractivity contribution in [3.05, 3.63) is 53.3 Å². The second-order valence-corrected chi connectivity index (χ2v) is 7.75. The van der Waals surface area contributed by atoms with Crippen LogP contribution in [0.5, 0.6) is 5.75 Å². The largest absolute Gasteiger partial charge is 0.490 e. The van der Waals surface area contributed by atoms with Crippen LogP contribution in [0.1, 0.15) is 38.3 Å². The van der Waals surface area contributed by atoms with Crippen LogP contribution in [0.15, 0.2) is 42.6 Å². The van der Waals surface area contributed by atoms with Gasteiger partial charge in [0, 0.05) is 28.9 Å². The fourth-order valence-corrected chi connectivity index (χ4v) is 3.67. The molecule has 1 aromatic carbocycles. The fourth-order valence-electron chi connectivity index (χ4n) is 3.54. The fraction of sp³-hybridized carbons (Fsp3) is 0.429. The highest BCUT2D eigenvalue weighted by molar-refractivity contribution is 6.30. The van der Waals surface area contributed by atoms with Crippen LogP contribution in [-0.2, 0) is 11.0 Å². The Kier molecular flexibility index (Phi) is 6.67. The second kappa shape index (κ2) is 9.03. The number of carbonyl (C=O) groups is 1. The van der Waals surface area contributed by atoms with Crippen molar-refractivity contribution in [2.24, 2.45) is 11.8 Å². The molecular formula is C21H22ClF3N2O2. The number of carbonyl (C=O) groups excluding carboxylic acids is 1. The van der Waals surface area contributed by atoms with E-state index in [-0.39, 0.29) is 29.6 Å². The maximum absolute atomic E-state index is 12.8. The molecule has 0 aliphatic heterocycles. The number of benzene rings is 1. The molecular weight excluding hydrogens is 405 g/mol. The first-order valence-corrected chi connectivity index (χ1v) is 9.86. The zero-order valence-electron chi connectivity index (χ0n) is 15.9. The van der Waals surface area contributed by atoms with Crippen molar-refractivity contribution < 1.29 is 22.7 Å². The molecule has 1 aliphatic rings. The van der Waals surface area contributed by atoms with Crippen LogP contribution in [0.4, 0.5) is 18.9 Å². The third-order valence-corrected chi connectivity index (χ3v) is 5.53. The minimum atomic E-state index is -4.50. The molecule has 1 amide bonds. The zero-order chi connectivity index (χ0) is 21.0. The van der Waals surface area contributed by atoms with Crippen molar-refractivity contribution in [1.82, 2.24) is 4.98 Å². The first kappa shape index (κ1) is 21.4. The summed E-state index contributed by atoms with van der Waals surface area (Å²) in [6, 6.07) is 9.29. The predicted octanol–water partition coefficient (Wildman–Crippen LogP) is 5.97. The van der Waals surface area contributed by atoms with E-state index < -0.39 is 11.9 Å². The Bertz CT molecular complexity index is 835. The average molecular weight is 427 g/mol. The summed E-state index contributed by atoms with van der Waals surface area (Å²) < 4.78 is 44.1. The van der Waals surface area contributed by atoms with Crippen LogP contribution >= 0.6 is 11.6 Å². The highest BCUT2D eigenvalue weighted by atomic mass is 35.5. The molecule has 1 saturated carbocycles. The lowest BCUT2D eigenvalue weighted by Crippen LogP contribution is -2.32. The van der Waals surface area contributed by atoms with Crippen LogP contribution in [0.2, 0.25) is 5.02 Å². The molecule has 156 valence electrons. The number of nitrogens with one attached hydrogen (secondary N) is 1. The van der Waals surface area contributed by atoms with Crippen LogP contribution in [0, 0.1) is 11.8 Å². The van der Waals surface area contributed by atoms with E-state index in [1.165, 1.54) is 6.07 Å². The highest BCUT2D eigenvalue weighted by Gasteiger charge is 2.33. The molecule has 0 saturated heterocycles. The van der Waals surface area contributed by atoms with Gasteiger partial charge in [0.15, 0.2) is 0 Å². The second-order valence-electron chi connectivity index (χ2n) is 7.31. The molecule has 1 heterocycles. The number of pyridine rings is 1. The molecule has 1 N–H and O–H groups in total. The number of amides is 1. The Hall–Kier alpha value is -2.28. The number of halogens is 4. The molecule has 29 heavy (non-hydrogen) atoms. The Morgan fingerprint density at radius 1 is 1.17 bits per heavy atom. The van der Waals surface area contributed by atoms with Crippen LogP contribution in [0.3, 0.4) is 0 Å². The summed E-state index contributed by atoms with van der Waals surface area (Å²) in [5.41, 5.74) is -0.266. The van der Waals surface area contributed by atoms with Crippen LogP contribution in [0.25, 0.3) is 0 Å².